The number of methoxy groups -OCH3 is 1. The van der Waals surface area contributed by atoms with Gasteiger partial charge in [-0.25, -0.2) is 4.79 Å². The molecule has 1 fully saturated rings. The number of alkyl carbamates (subject to hydrolysis) is 1. The lowest BCUT2D eigenvalue weighted by Gasteiger charge is -2.31. The Labute approximate surface area is 135 Å². The lowest BCUT2D eigenvalue weighted by molar-refractivity contribution is -0.0852. The fraction of sp³-hybridized carbons (Fsp3) is 0.533. The number of benzene rings is 1. The van der Waals surface area contributed by atoms with Gasteiger partial charge in [-0.2, -0.15) is 0 Å². The van der Waals surface area contributed by atoms with Gasteiger partial charge in [0.05, 0.1) is 20.3 Å². The van der Waals surface area contributed by atoms with E-state index in [1.807, 2.05) is 24.3 Å². The van der Waals surface area contributed by atoms with Gasteiger partial charge in [-0.05, 0) is 17.7 Å². The molecule has 0 spiro atoms. The normalized spacial score (nSPS) is 19.5. The summed E-state index contributed by atoms with van der Waals surface area (Å²) >= 11 is 6.06. The van der Waals surface area contributed by atoms with E-state index in [1.54, 1.807) is 0 Å². The predicted molar refractivity (Wildman–Crippen MR) is 83.2 cm³/mol. The lowest BCUT2D eigenvalue weighted by atomic mass is 10.0. The summed E-state index contributed by atoms with van der Waals surface area (Å²) < 4.78 is 16.2. The molecule has 1 aromatic carbocycles. The van der Waals surface area contributed by atoms with Crippen molar-refractivity contribution in [2.45, 2.75) is 12.2 Å². The second-order valence-electron chi connectivity index (χ2n) is 4.88. The summed E-state index contributed by atoms with van der Waals surface area (Å²) in [7, 11) is 1.33. The number of carbonyl (C=O) groups excluding carboxylic acids is 1. The van der Waals surface area contributed by atoms with Crippen LogP contribution in [0.5, 0.6) is 0 Å². The van der Waals surface area contributed by atoms with Gasteiger partial charge in [0.2, 0.25) is 0 Å². The summed E-state index contributed by atoms with van der Waals surface area (Å²) in [6.45, 7) is 2.91. The maximum atomic E-state index is 11.0. The third kappa shape index (κ3) is 5.14. The van der Waals surface area contributed by atoms with Crippen molar-refractivity contribution in [1.29, 1.82) is 0 Å². The molecule has 0 aliphatic carbocycles. The third-order valence-corrected chi connectivity index (χ3v) is 3.56. The second kappa shape index (κ2) is 8.95. The molecule has 0 saturated carbocycles. The van der Waals surface area contributed by atoms with E-state index in [-0.39, 0.29) is 12.2 Å². The maximum absolute atomic E-state index is 11.0. The molecule has 2 atom stereocenters. The fourth-order valence-corrected chi connectivity index (χ4v) is 2.49. The molecule has 1 aliphatic heterocycles. The van der Waals surface area contributed by atoms with Crippen LogP contribution in [-0.4, -0.2) is 52.2 Å². The molecule has 122 valence electrons. The largest absolute Gasteiger partial charge is 0.453 e. The number of ether oxygens (including phenoxy) is 3. The number of hydrogen-bond acceptors (Lipinski definition) is 5. The highest BCUT2D eigenvalue weighted by Gasteiger charge is 2.26. The van der Waals surface area contributed by atoms with Gasteiger partial charge in [-0.15, -0.1) is 0 Å². The highest BCUT2D eigenvalue weighted by molar-refractivity contribution is 6.30. The van der Waals surface area contributed by atoms with Gasteiger partial charge in [-0.1, -0.05) is 23.7 Å². The fourth-order valence-electron chi connectivity index (χ4n) is 2.29. The topological polar surface area (TPSA) is 68.8 Å². The zero-order valence-electron chi connectivity index (χ0n) is 12.5. The average Bonchev–Trinajstić information content (AvgIpc) is 2.55. The third-order valence-electron chi connectivity index (χ3n) is 3.33. The molecule has 1 aliphatic rings. The van der Waals surface area contributed by atoms with Crippen molar-refractivity contribution in [2.24, 2.45) is 0 Å². The van der Waals surface area contributed by atoms with E-state index in [2.05, 4.69) is 15.4 Å². The molecule has 1 amide bonds. The van der Waals surface area contributed by atoms with Crippen molar-refractivity contribution in [3.63, 3.8) is 0 Å². The quantitative estimate of drug-likeness (QED) is 0.779. The van der Waals surface area contributed by atoms with Crippen LogP contribution in [0.1, 0.15) is 11.7 Å². The Balaban J connectivity index is 1.97. The maximum Gasteiger partial charge on any atom is 0.406 e. The first-order chi connectivity index (χ1) is 10.7. The summed E-state index contributed by atoms with van der Waals surface area (Å²) in [5, 5.41) is 6.53. The number of nitrogens with one attached hydrogen (secondary N) is 2. The molecular weight excluding hydrogens is 308 g/mol. The molecule has 2 N–H and O–H groups in total. The van der Waals surface area contributed by atoms with Crippen molar-refractivity contribution >= 4 is 17.7 Å². The molecule has 2 rings (SSSR count). The molecular formula is C15H21ClN2O4. The van der Waals surface area contributed by atoms with Crippen molar-refractivity contribution in [3.8, 4) is 0 Å². The Hall–Kier alpha value is -1.34. The minimum absolute atomic E-state index is 0.0923. The molecule has 0 aromatic heterocycles. The molecule has 0 bridgehead atoms. The lowest BCUT2D eigenvalue weighted by Crippen LogP contribution is -2.43. The van der Waals surface area contributed by atoms with Crippen LogP contribution in [0.4, 0.5) is 4.79 Å². The minimum atomic E-state index is -0.474. The Bertz CT molecular complexity index is 480. The van der Waals surface area contributed by atoms with E-state index in [9.17, 15) is 4.79 Å². The molecule has 22 heavy (non-hydrogen) atoms. The van der Waals surface area contributed by atoms with Crippen LogP contribution in [0.2, 0.25) is 5.02 Å². The molecule has 1 unspecified atom stereocenters. The van der Waals surface area contributed by atoms with Crippen molar-refractivity contribution in [1.82, 2.24) is 10.6 Å². The SMILES string of the molecule is COC(=O)NCCO[C@@H](c1cccc(Cl)c1)C1CNCCO1. The summed E-state index contributed by atoms with van der Waals surface area (Å²) in [5.74, 6) is 0. The van der Waals surface area contributed by atoms with Gasteiger partial charge >= 0.3 is 6.09 Å². The summed E-state index contributed by atoms with van der Waals surface area (Å²) in [5.41, 5.74) is 0.958. The van der Waals surface area contributed by atoms with Crippen LogP contribution >= 0.6 is 11.6 Å². The van der Waals surface area contributed by atoms with E-state index < -0.39 is 6.09 Å². The van der Waals surface area contributed by atoms with Gasteiger partial charge in [0.15, 0.2) is 0 Å². The Morgan fingerprint density at radius 1 is 1.59 bits per heavy atom. The minimum Gasteiger partial charge on any atom is -0.453 e. The Morgan fingerprint density at radius 2 is 2.45 bits per heavy atom. The smallest absolute Gasteiger partial charge is 0.406 e. The second-order valence-corrected chi connectivity index (χ2v) is 5.31. The monoisotopic (exact) mass is 328 g/mol. The van der Waals surface area contributed by atoms with Gasteiger partial charge in [0.1, 0.15) is 12.2 Å². The van der Waals surface area contributed by atoms with Crippen LogP contribution < -0.4 is 10.6 Å². The predicted octanol–water partition coefficient (Wildman–Crippen LogP) is 1.74. The number of hydrogen-bond donors (Lipinski definition) is 2. The number of rotatable bonds is 6. The summed E-state index contributed by atoms with van der Waals surface area (Å²) in [6.07, 6.45) is -0.810. The molecule has 7 heteroatoms. The standard InChI is InChI=1S/C15H21ClN2O4/c1-20-15(19)18-6-8-22-14(13-10-17-5-7-21-13)11-3-2-4-12(16)9-11/h2-4,9,13-14,17H,5-8,10H2,1H3,(H,18,19)/t13?,14-/m0/s1. The molecule has 1 saturated heterocycles. The summed E-state index contributed by atoms with van der Waals surface area (Å²) in [6, 6.07) is 7.54. The number of amides is 1. The van der Waals surface area contributed by atoms with Crippen LogP contribution in [0, 0.1) is 0 Å². The van der Waals surface area contributed by atoms with Crippen LogP contribution in [0.3, 0.4) is 0 Å². The first-order valence-corrected chi connectivity index (χ1v) is 7.59. The van der Waals surface area contributed by atoms with Gasteiger partial charge in [0.25, 0.3) is 0 Å². The van der Waals surface area contributed by atoms with Gasteiger partial charge < -0.3 is 24.8 Å². The number of halogens is 1. The van der Waals surface area contributed by atoms with Gasteiger partial charge in [0, 0.05) is 24.7 Å². The van der Waals surface area contributed by atoms with Crippen molar-refractivity contribution in [2.75, 3.05) is 40.0 Å². The Morgan fingerprint density at radius 3 is 3.14 bits per heavy atom. The Kier molecular flexibility index (Phi) is 6.92. The average molecular weight is 329 g/mol. The highest BCUT2D eigenvalue weighted by Crippen LogP contribution is 2.26. The molecule has 0 radical (unpaired) electrons. The first kappa shape index (κ1) is 17.0. The highest BCUT2D eigenvalue weighted by atomic mass is 35.5. The molecule has 1 aromatic rings. The summed E-state index contributed by atoms with van der Waals surface area (Å²) in [4.78, 5) is 11.0. The van der Waals surface area contributed by atoms with E-state index >= 15 is 0 Å². The van der Waals surface area contributed by atoms with E-state index in [0.717, 1.165) is 12.1 Å². The van der Waals surface area contributed by atoms with Gasteiger partial charge in [-0.3, -0.25) is 0 Å². The number of morpholine rings is 1. The number of carbonyl (C=O) groups is 1. The van der Waals surface area contributed by atoms with E-state index in [4.69, 9.17) is 21.1 Å². The first-order valence-electron chi connectivity index (χ1n) is 7.22. The molecule has 6 nitrogen and oxygen atoms in total. The zero-order chi connectivity index (χ0) is 15.8. The van der Waals surface area contributed by atoms with Crippen molar-refractivity contribution in [3.05, 3.63) is 34.9 Å². The van der Waals surface area contributed by atoms with Crippen LogP contribution in [0.25, 0.3) is 0 Å². The van der Waals surface area contributed by atoms with Crippen LogP contribution in [0.15, 0.2) is 24.3 Å². The zero-order valence-corrected chi connectivity index (χ0v) is 13.3. The van der Waals surface area contributed by atoms with E-state index in [0.29, 0.717) is 31.3 Å². The van der Waals surface area contributed by atoms with Crippen LogP contribution in [-0.2, 0) is 14.2 Å². The van der Waals surface area contributed by atoms with Crippen molar-refractivity contribution < 1.29 is 19.0 Å². The molecule has 1 heterocycles. The van der Waals surface area contributed by atoms with E-state index in [1.165, 1.54) is 7.11 Å².